The van der Waals surface area contributed by atoms with Crippen LogP contribution < -0.4 is 15.6 Å². The van der Waals surface area contributed by atoms with Gasteiger partial charge in [0, 0.05) is 23.7 Å². The van der Waals surface area contributed by atoms with E-state index in [1.165, 1.54) is 0 Å². The Morgan fingerprint density at radius 1 is 1.29 bits per heavy atom. The van der Waals surface area contributed by atoms with E-state index >= 15 is 0 Å². The fourth-order valence-corrected chi connectivity index (χ4v) is 4.69. The minimum atomic E-state index is -0.156. The lowest BCUT2D eigenvalue weighted by Crippen LogP contribution is -2.18. The second-order valence-electron chi connectivity index (χ2n) is 8.10. The normalized spacial score (nSPS) is 15.9. The van der Waals surface area contributed by atoms with Crippen LogP contribution in [0.5, 0.6) is 5.75 Å². The second kappa shape index (κ2) is 12.0. The van der Waals surface area contributed by atoms with E-state index in [1.54, 1.807) is 17.8 Å². The maximum Gasteiger partial charge on any atom is 0.256 e. The van der Waals surface area contributed by atoms with Gasteiger partial charge in [-0.2, -0.15) is 5.26 Å². The van der Waals surface area contributed by atoms with Crippen LogP contribution in [0.1, 0.15) is 30.9 Å². The summed E-state index contributed by atoms with van der Waals surface area (Å²) < 4.78 is 6.37. The van der Waals surface area contributed by atoms with E-state index in [2.05, 4.69) is 53.5 Å². The third kappa shape index (κ3) is 5.98. The first-order chi connectivity index (χ1) is 17.2. The van der Waals surface area contributed by atoms with Crippen LogP contribution >= 0.6 is 11.8 Å². The highest BCUT2D eigenvalue weighted by atomic mass is 32.2. The van der Waals surface area contributed by atoms with Gasteiger partial charge in [-0.25, -0.2) is 0 Å². The molecule has 0 amide bonds. The Morgan fingerprint density at radius 3 is 3.03 bits per heavy atom. The fraction of sp³-hybridized carbons (Fsp3) is 0.241. The molecule has 5 nitrogen and oxygen atoms in total. The molecule has 0 bridgehead atoms. The molecule has 4 rings (SSSR count). The van der Waals surface area contributed by atoms with Crippen molar-refractivity contribution in [3.63, 3.8) is 0 Å². The van der Waals surface area contributed by atoms with E-state index in [1.807, 2.05) is 41.8 Å². The van der Waals surface area contributed by atoms with Gasteiger partial charge < -0.3 is 15.0 Å². The van der Waals surface area contributed by atoms with E-state index in [0.29, 0.717) is 34.8 Å². The zero-order valence-corrected chi connectivity index (χ0v) is 20.5. The topological polar surface area (TPSA) is 77.9 Å². The monoisotopic (exact) mass is 481 g/mol. The number of rotatable bonds is 8. The summed E-state index contributed by atoms with van der Waals surface area (Å²) in [6.45, 7) is 3.24. The minimum Gasteiger partial charge on any atom is -0.491 e. The Bertz CT molecular complexity index is 1420. The Balaban J connectivity index is 1.79. The maximum absolute atomic E-state index is 13.1. The van der Waals surface area contributed by atoms with Crippen molar-refractivity contribution in [1.29, 1.82) is 5.26 Å². The Hall–Kier alpha value is -3.87. The first-order valence-electron chi connectivity index (χ1n) is 11.7. The molecule has 2 heterocycles. The molecule has 176 valence electrons. The van der Waals surface area contributed by atoms with Gasteiger partial charge in [0.2, 0.25) is 0 Å². The van der Waals surface area contributed by atoms with Gasteiger partial charge in [0.25, 0.3) is 5.56 Å². The minimum absolute atomic E-state index is 0.0832. The summed E-state index contributed by atoms with van der Waals surface area (Å²) in [5, 5.41) is 15.5. The van der Waals surface area contributed by atoms with E-state index in [-0.39, 0.29) is 11.5 Å². The molecule has 1 atom stereocenters. The Morgan fingerprint density at radius 2 is 2.17 bits per heavy atom. The molecule has 0 aliphatic carbocycles. The molecule has 0 saturated heterocycles. The quantitative estimate of drug-likeness (QED) is 0.317. The number of ether oxygens (including phenoxy) is 1. The van der Waals surface area contributed by atoms with Crippen molar-refractivity contribution in [2.24, 2.45) is 5.92 Å². The molecule has 3 aromatic rings. The number of benzene rings is 2. The van der Waals surface area contributed by atoms with E-state index < -0.39 is 0 Å². The van der Waals surface area contributed by atoms with Gasteiger partial charge in [0.15, 0.2) is 0 Å². The molecular weight excluding hydrogens is 454 g/mol. The third-order valence-electron chi connectivity index (χ3n) is 5.63. The molecule has 0 spiro atoms. The number of nitrogens with one attached hydrogen (secondary N) is 2. The summed E-state index contributed by atoms with van der Waals surface area (Å²) in [6, 6.07) is 18.6. The average molecular weight is 482 g/mol. The molecule has 0 fully saturated rings. The standard InChI is InChI=1S/C29H27N3O2S/c1-2-3-16-35-20-26-28(34-19-21-8-6-7-14-31-15-13-21)25-17-22(11-12-27(25)32-29(26)33)24-10-5-4-9-23(24)18-30/h3-6,8-12,16-17,21,31H,2,7,14,19-20H2,1H3,(H,32,33)/b8-6-,16-3-. The molecular formula is C29H27N3O2S. The van der Waals surface area contributed by atoms with Crippen LogP contribution in [-0.4, -0.2) is 18.1 Å². The molecule has 1 unspecified atom stereocenters. The predicted molar refractivity (Wildman–Crippen MR) is 144 cm³/mol. The van der Waals surface area contributed by atoms with Crippen molar-refractivity contribution in [3.8, 4) is 34.9 Å². The van der Waals surface area contributed by atoms with E-state index in [4.69, 9.17) is 4.74 Å². The van der Waals surface area contributed by atoms with Gasteiger partial charge in [-0.05, 0) is 47.6 Å². The summed E-state index contributed by atoms with van der Waals surface area (Å²) >= 11 is 1.57. The molecule has 2 N–H and O–H groups in total. The number of thioether (sulfide) groups is 1. The van der Waals surface area contributed by atoms with Gasteiger partial charge in [0.05, 0.1) is 28.6 Å². The van der Waals surface area contributed by atoms with Crippen molar-refractivity contribution in [2.75, 3.05) is 13.2 Å². The molecule has 1 aliphatic heterocycles. The van der Waals surface area contributed by atoms with Gasteiger partial charge in [-0.3, -0.25) is 4.79 Å². The number of fused-ring (bicyclic) bond motifs is 1. The molecule has 0 saturated carbocycles. The Kier molecular flexibility index (Phi) is 8.33. The zero-order chi connectivity index (χ0) is 24.5. The van der Waals surface area contributed by atoms with Crippen molar-refractivity contribution < 1.29 is 4.74 Å². The molecule has 2 aromatic carbocycles. The van der Waals surface area contributed by atoms with Crippen LogP contribution in [0.25, 0.3) is 22.0 Å². The summed E-state index contributed by atoms with van der Waals surface area (Å²) in [4.78, 5) is 16.1. The predicted octanol–water partition coefficient (Wildman–Crippen LogP) is 5.73. The number of hydrogen-bond donors (Lipinski definition) is 2. The highest BCUT2D eigenvalue weighted by Gasteiger charge is 2.17. The smallest absolute Gasteiger partial charge is 0.256 e. The van der Waals surface area contributed by atoms with Crippen LogP contribution in [0, 0.1) is 29.2 Å². The second-order valence-corrected chi connectivity index (χ2v) is 9.00. The first-order valence-corrected chi connectivity index (χ1v) is 12.7. The van der Waals surface area contributed by atoms with Crippen molar-refractivity contribution in [3.05, 3.63) is 87.6 Å². The maximum atomic E-state index is 13.1. The SMILES string of the molecule is CC/C=C\SCc1c(OCC2C#CNCC/C=C\2)c2cc(-c3ccccc3C#N)ccc2[nH]c1=O. The Labute approximate surface area is 209 Å². The largest absolute Gasteiger partial charge is 0.491 e. The molecule has 35 heavy (non-hydrogen) atoms. The van der Waals surface area contributed by atoms with Gasteiger partial charge in [-0.1, -0.05) is 55.3 Å². The number of H-pyrrole nitrogens is 1. The number of allylic oxidation sites excluding steroid dienone is 1. The molecule has 1 aliphatic rings. The average Bonchev–Trinajstić information content (AvgIpc) is 2.86. The van der Waals surface area contributed by atoms with Gasteiger partial charge in [0.1, 0.15) is 12.4 Å². The summed E-state index contributed by atoms with van der Waals surface area (Å²) in [5.74, 6) is 4.15. The van der Waals surface area contributed by atoms with Gasteiger partial charge in [-0.15, -0.1) is 11.8 Å². The molecule has 0 radical (unpaired) electrons. The lowest BCUT2D eigenvalue weighted by molar-refractivity contribution is 0.301. The van der Waals surface area contributed by atoms with Crippen LogP contribution in [0.3, 0.4) is 0 Å². The molecule has 6 heteroatoms. The number of nitrogens with zero attached hydrogens (tertiary/aromatic N) is 1. The van der Waals surface area contributed by atoms with Crippen molar-refractivity contribution >= 4 is 22.7 Å². The van der Waals surface area contributed by atoms with Crippen LogP contribution in [-0.2, 0) is 5.75 Å². The summed E-state index contributed by atoms with van der Waals surface area (Å²) in [6.07, 6.45) is 8.09. The number of hydrogen-bond acceptors (Lipinski definition) is 5. The van der Waals surface area contributed by atoms with Crippen molar-refractivity contribution in [1.82, 2.24) is 10.3 Å². The number of pyridine rings is 1. The number of nitriles is 1. The highest BCUT2D eigenvalue weighted by molar-refractivity contribution is 8.01. The zero-order valence-electron chi connectivity index (χ0n) is 19.6. The number of aromatic amines is 1. The summed E-state index contributed by atoms with van der Waals surface area (Å²) in [5.41, 5.74) is 3.47. The van der Waals surface area contributed by atoms with Crippen LogP contribution in [0.2, 0.25) is 0 Å². The lowest BCUT2D eigenvalue weighted by atomic mass is 9.98. The third-order valence-corrected chi connectivity index (χ3v) is 6.47. The highest BCUT2D eigenvalue weighted by Crippen LogP contribution is 2.34. The fourth-order valence-electron chi connectivity index (χ4n) is 3.84. The van der Waals surface area contributed by atoms with Gasteiger partial charge >= 0.3 is 0 Å². The lowest BCUT2D eigenvalue weighted by Gasteiger charge is -2.16. The van der Waals surface area contributed by atoms with Crippen LogP contribution in [0.4, 0.5) is 0 Å². The van der Waals surface area contributed by atoms with E-state index in [9.17, 15) is 10.1 Å². The summed E-state index contributed by atoms with van der Waals surface area (Å²) in [7, 11) is 0. The first kappa shape index (κ1) is 24.3. The van der Waals surface area contributed by atoms with E-state index in [0.717, 1.165) is 35.9 Å². The van der Waals surface area contributed by atoms with Crippen LogP contribution in [0.15, 0.2) is 70.9 Å². The number of aromatic nitrogens is 1. The molecule has 1 aromatic heterocycles. The van der Waals surface area contributed by atoms with Crippen molar-refractivity contribution in [2.45, 2.75) is 25.5 Å².